The number of fused-ring (bicyclic) bond motifs is 1. The predicted molar refractivity (Wildman–Crippen MR) is 122 cm³/mol. The minimum atomic E-state index is -1.06. The molecular formula is C20H16BrIN2O6. The summed E-state index contributed by atoms with van der Waals surface area (Å²) in [6, 6.07) is 10.4. The van der Waals surface area contributed by atoms with Crippen LogP contribution in [0.1, 0.15) is 23.0 Å². The predicted octanol–water partition coefficient (Wildman–Crippen LogP) is 4.43. The maximum absolute atomic E-state index is 12.3. The lowest BCUT2D eigenvalue weighted by molar-refractivity contribution is -0.139. The molecular weight excluding hydrogens is 571 g/mol. The van der Waals surface area contributed by atoms with Gasteiger partial charge in [0.05, 0.1) is 20.9 Å². The van der Waals surface area contributed by atoms with Gasteiger partial charge in [0.1, 0.15) is 17.1 Å². The molecule has 1 heterocycles. The van der Waals surface area contributed by atoms with Crippen LogP contribution in [0.4, 0.5) is 0 Å². The number of hydrogen-bond acceptors (Lipinski definition) is 6. The summed E-state index contributed by atoms with van der Waals surface area (Å²) in [6.07, 6.45) is 1.46. The van der Waals surface area contributed by atoms with Crippen LogP contribution >= 0.6 is 38.5 Å². The van der Waals surface area contributed by atoms with E-state index in [1.807, 2.05) is 29.5 Å². The van der Waals surface area contributed by atoms with Gasteiger partial charge >= 0.3 is 11.9 Å². The van der Waals surface area contributed by atoms with E-state index in [9.17, 15) is 9.59 Å². The number of furan rings is 1. The molecule has 2 N–H and O–H groups in total. The van der Waals surface area contributed by atoms with Crippen molar-refractivity contribution in [2.24, 2.45) is 5.10 Å². The van der Waals surface area contributed by atoms with E-state index < -0.39 is 18.5 Å². The summed E-state index contributed by atoms with van der Waals surface area (Å²) in [5.41, 5.74) is 3.67. The van der Waals surface area contributed by atoms with Crippen molar-refractivity contribution in [3.05, 3.63) is 55.8 Å². The molecule has 0 unspecified atom stereocenters. The number of halogens is 2. The Hall–Kier alpha value is -2.60. The number of ether oxygens (including phenoxy) is 2. The highest BCUT2D eigenvalue weighted by atomic mass is 127. The van der Waals surface area contributed by atoms with E-state index in [-0.39, 0.29) is 5.76 Å². The van der Waals surface area contributed by atoms with E-state index in [4.69, 9.17) is 19.0 Å². The SMILES string of the molecule is CCOc1ccc2oc(C(=O)N/N=C/c3cc(Br)c(OCC(=O)O)c(I)c3)cc2c1. The third-order valence-corrected chi connectivity index (χ3v) is 5.15. The fourth-order valence-electron chi connectivity index (χ4n) is 2.54. The van der Waals surface area contributed by atoms with Crippen LogP contribution in [0.2, 0.25) is 0 Å². The fourth-order valence-corrected chi connectivity index (χ4v) is 4.30. The average molecular weight is 587 g/mol. The van der Waals surface area contributed by atoms with Crippen LogP contribution in [0.25, 0.3) is 11.0 Å². The molecule has 0 aliphatic heterocycles. The first-order chi connectivity index (χ1) is 14.4. The summed E-state index contributed by atoms with van der Waals surface area (Å²) in [5, 5.41) is 13.4. The topological polar surface area (TPSA) is 110 Å². The molecule has 0 saturated heterocycles. The first kappa shape index (κ1) is 22.1. The maximum Gasteiger partial charge on any atom is 0.341 e. The Morgan fingerprint density at radius 1 is 1.27 bits per heavy atom. The van der Waals surface area contributed by atoms with Crippen molar-refractivity contribution in [3.63, 3.8) is 0 Å². The summed E-state index contributed by atoms with van der Waals surface area (Å²) in [6.45, 7) is 2.00. The van der Waals surface area contributed by atoms with Crippen molar-refractivity contribution in [3.8, 4) is 11.5 Å². The molecule has 0 aliphatic carbocycles. The number of benzene rings is 2. The molecule has 0 fully saturated rings. The van der Waals surface area contributed by atoms with E-state index in [0.717, 1.165) is 5.39 Å². The molecule has 1 aromatic heterocycles. The molecule has 1 amide bonds. The number of carboxylic acid groups (broad SMARTS) is 1. The first-order valence-electron chi connectivity index (χ1n) is 8.70. The Morgan fingerprint density at radius 2 is 2.07 bits per heavy atom. The number of carboxylic acids is 1. The van der Waals surface area contributed by atoms with E-state index in [2.05, 4.69) is 26.5 Å². The second kappa shape index (κ2) is 9.94. The normalized spacial score (nSPS) is 11.0. The third kappa shape index (κ3) is 5.51. The first-order valence-corrected chi connectivity index (χ1v) is 10.6. The van der Waals surface area contributed by atoms with E-state index in [0.29, 0.717) is 37.3 Å². The van der Waals surface area contributed by atoms with Crippen LogP contribution in [0.3, 0.4) is 0 Å². The van der Waals surface area contributed by atoms with Crippen LogP contribution in [0, 0.1) is 3.57 Å². The molecule has 0 atom stereocenters. The zero-order valence-corrected chi connectivity index (χ0v) is 19.4. The average Bonchev–Trinajstić information content (AvgIpc) is 3.11. The Kier molecular flexibility index (Phi) is 7.32. The summed E-state index contributed by atoms with van der Waals surface area (Å²) in [5.74, 6) is -0.301. The van der Waals surface area contributed by atoms with Crippen molar-refractivity contribution >= 4 is 67.6 Å². The number of amides is 1. The smallest absolute Gasteiger partial charge is 0.341 e. The Balaban J connectivity index is 1.68. The molecule has 3 aromatic rings. The summed E-state index contributed by atoms with van der Waals surface area (Å²) in [4.78, 5) is 23.0. The molecule has 2 aromatic carbocycles. The Labute approximate surface area is 193 Å². The zero-order valence-electron chi connectivity index (χ0n) is 15.6. The Morgan fingerprint density at radius 3 is 2.77 bits per heavy atom. The van der Waals surface area contributed by atoms with Gasteiger partial charge in [0.2, 0.25) is 0 Å². The van der Waals surface area contributed by atoms with Crippen molar-refractivity contribution in [1.29, 1.82) is 0 Å². The van der Waals surface area contributed by atoms with Crippen molar-refractivity contribution < 1.29 is 28.6 Å². The number of carbonyl (C=O) groups is 2. The second-order valence-electron chi connectivity index (χ2n) is 5.94. The van der Waals surface area contributed by atoms with Crippen LogP contribution in [-0.2, 0) is 4.79 Å². The van der Waals surface area contributed by atoms with E-state index in [1.165, 1.54) is 6.21 Å². The largest absolute Gasteiger partial charge is 0.494 e. The van der Waals surface area contributed by atoms with Gasteiger partial charge in [-0.3, -0.25) is 4.79 Å². The number of hydrogen-bond donors (Lipinski definition) is 2. The number of hydrazone groups is 1. The minimum Gasteiger partial charge on any atom is -0.494 e. The summed E-state index contributed by atoms with van der Waals surface area (Å²) >= 11 is 5.37. The number of nitrogens with zero attached hydrogens (tertiary/aromatic N) is 1. The summed E-state index contributed by atoms with van der Waals surface area (Å²) < 4.78 is 17.5. The quantitative estimate of drug-likeness (QED) is 0.230. The molecule has 0 radical (unpaired) electrons. The zero-order chi connectivity index (χ0) is 21.7. The third-order valence-electron chi connectivity index (χ3n) is 3.76. The highest BCUT2D eigenvalue weighted by Gasteiger charge is 2.13. The van der Waals surface area contributed by atoms with Gasteiger partial charge < -0.3 is 19.0 Å². The van der Waals surface area contributed by atoms with Crippen molar-refractivity contribution in [2.45, 2.75) is 6.92 Å². The molecule has 0 saturated carbocycles. The molecule has 10 heteroatoms. The number of carbonyl (C=O) groups excluding carboxylic acids is 1. The van der Waals surface area contributed by atoms with Gasteiger partial charge in [-0.05, 0) is 87.4 Å². The molecule has 8 nitrogen and oxygen atoms in total. The molecule has 156 valence electrons. The highest BCUT2D eigenvalue weighted by Crippen LogP contribution is 2.31. The van der Waals surface area contributed by atoms with Crippen molar-refractivity contribution in [1.82, 2.24) is 5.43 Å². The van der Waals surface area contributed by atoms with Crippen LogP contribution < -0.4 is 14.9 Å². The van der Waals surface area contributed by atoms with Gasteiger partial charge in [-0.1, -0.05) is 0 Å². The van der Waals surface area contributed by atoms with Gasteiger partial charge in [0, 0.05) is 5.39 Å². The standard InChI is InChI=1S/C20H16BrIN2O6/c1-2-28-13-3-4-16-12(7-13)8-17(30-16)20(27)24-23-9-11-5-14(21)19(15(22)6-11)29-10-18(25)26/h3-9H,2,10H2,1H3,(H,24,27)(H,25,26)/b23-9+. The van der Waals surface area contributed by atoms with Gasteiger partial charge in [-0.15, -0.1) is 0 Å². The molecule has 30 heavy (non-hydrogen) atoms. The van der Waals surface area contributed by atoms with E-state index >= 15 is 0 Å². The molecule has 3 rings (SSSR count). The monoisotopic (exact) mass is 586 g/mol. The lowest BCUT2D eigenvalue weighted by atomic mass is 10.2. The van der Waals surface area contributed by atoms with Crippen LogP contribution in [0.15, 0.2) is 50.4 Å². The van der Waals surface area contributed by atoms with Crippen molar-refractivity contribution in [2.75, 3.05) is 13.2 Å². The van der Waals surface area contributed by atoms with Gasteiger partial charge in [-0.2, -0.15) is 5.10 Å². The Bertz CT molecular complexity index is 1100. The van der Waals surface area contributed by atoms with Crippen LogP contribution in [-0.4, -0.2) is 36.4 Å². The molecule has 0 aliphatic rings. The number of rotatable bonds is 8. The van der Waals surface area contributed by atoms with Gasteiger partial charge in [-0.25, -0.2) is 10.2 Å². The maximum atomic E-state index is 12.3. The van der Waals surface area contributed by atoms with Crippen LogP contribution in [0.5, 0.6) is 11.5 Å². The minimum absolute atomic E-state index is 0.129. The molecule has 0 bridgehead atoms. The lowest BCUT2D eigenvalue weighted by Crippen LogP contribution is -2.16. The number of aliphatic carboxylic acids is 1. The fraction of sp³-hybridized carbons (Fsp3) is 0.150. The second-order valence-corrected chi connectivity index (χ2v) is 7.96. The number of nitrogens with one attached hydrogen (secondary N) is 1. The lowest BCUT2D eigenvalue weighted by Gasteiger charge is -2.09. The van der Waals surface area contributed by atoms with E-state index in [1.54, 1.807) is 36.4 Å². The summed E-state index contributed by atoms with van der Waals surface area (Å²) in [7, 11) is 0. The molecule has 0 spiro atoms. The highest BCUT2D eigenvalue weighted by molar-refractivity contribution is 14.1. The van der Waals surface area contributed by atoms with Gasteiger partial charge in [0.15, 0.2) is 12.4 Å². The van der Waals surface area contributed by atoms with Gasteiger partial charge in [0.25, 0.3) is 0 Å².